The zero-order valence-corrected chi connectivity index (χ0v) is 11.9. The molecule has 1 aromatic carbocycles. The van der Waals surface area contributed by atoms with E-state index in [9.17, 15) is 4.79 Å². The van der Waals surface area contributed by atoms with Gasteiger partial charge in [0.25, 0.3) is 0 Å². The quantitative estimate of drug-likeness (QED) is 0.811. The molecule has 0 spiro atoms. The van der Waals surface area contributed by atoms with E-state index in [1.807, 2.05) is 31.2 Å². The molecule has 5 heteroatoms. The molecule has 0 radical (unpaired) electrons. The van der Waals surface area contributed by atoms with E-state index < -0.39 is 0 Å². The van der Waals surface area contributed by atoms with Gasteiger partial charge < -0.3 is 16.0 Å². The van der Waals surface area contributed by atoms with Gasteiger partial charge in [0.1, 0.15) is 0 Å². The predicted molar refractivity (Wildman–Crippen MR) is 80.9 cm³/mol. The van der Waals surface area contributed by atoms with Crippen LogP contribution in [0.2, 0.25) is 0 Å². The fourth-order valence-corrected chi connectivity index (χ4v) is 2.57. The predicted octanol–water partition coefficient (Wildman–Crippen LogP) is 1.89. The van der Waals surface area contributed by atoms with Crippen molar-refractivity contribution in [1.29, 1.82) is 0 Å². The number of hydrogen-bond donors (Lipinski definition) is 2. The summed E-state index contributed by atoms with van der Waals surface area (Å²) in [5, 5.41) is 3.98. The summed E-state index contributed by atoms with van der Waals surface area (Å²) in [5.41, 5.74) is 7.52. The summed E-state index contributed by atoms with van der Waals surface area (Å²) in [7, 11) is 0. The summed E-state index contributed by atoms with van der Waals surface area (Å²) in [4.78, 5) is 13.2. The van der Waals surface area contributed by atoms with E-state index in [1.54, 1.807) is 0 Å². The highest BCUT2D eigenvalue weighted by Crippen LogP contribution is 2.19. The van der Waals surface area contributed by atoms with Crippen molar-refractivity contribution in [1.82, 2.24) is 4.90 Å². The van der Waals surface area contributed by atoms with Crippen molar-refractivity contribution in [2.24, 2.45) is 11.7 Å². The highest BCUT2D eigenvalue weighted by Gasteiger charge is 2.24. The standard InChI is InChI=1S/C14H19N3OS/c1-10-4-2-3-5-12(10)16-14(19)17-8-6-11(7-9-17)13(15)18/h2-5,11H,6-9H2,1H3,(H2,15,18)(H,16,19). The average Bonchev–Trinajstić information content (AvgIpc) is 2.41. The maximum atomic E-state index is 11.1. The van der Waals surface area contributed by atoms with Gasteiger partial charge in [-0.25, -0.2) is 0 Å². The smallest absolute Gasteiger partial charge is 0.220 e. The Labute approximate surface area is 119 Å². The summed E-state index contributed by atoms with van der Waals surface area (Å²) >= 11 is 5.42. The molecule has 3 N–H and O–H groups in total. The zero-order valence-electron chi connectivity index (χ0n) is 11.1. The minimum Gasteiger partial charge on any atom is -0.369 e. The SMILES string of the molecule is Cc1ccccc1NC(=S)N1CCC(C(N)=O)CC1. The number of para-hydroxylation sites is 1. The first-order chi connectivity index (χ1) is 9.08. The maximum absolute atomic E-state index is 11.1. The lowest BCUT2D eigenvalue weighted by Crippen LogP contribution is -2.43. The van der Waals surface area contributed by atoms with Gasteiger partial charge in [-0.2, -0.15) is 0 Å². The normalized spacial score (nSPS) is 16.2. The van der Waals surface area contributed by atoms with Crippen LogP contribution >= 0.6 is 12.2 Å². The van der Waals surface area contributed by atoms with Crippen LogP contribution in [0, 0.1) is 12.8 Å². The fourth-order valence-electron chi connectivity index (χ4n) is 2.27. The van der Waals surface area contributed by atoms with Crippen LogP contribution in [0.25, 0.3) is 0 Å². The molecule has 4 nitrogen and oxygen atoms in total. The van der Waals surface area contributed by atoms with E-state index in [-0.39, 0.29) is 11.8 Å². The molecule has 1 fully saturated rings. The highest BCUT2D eigenvalue weighted by atomic mass is 32.1. The van der Waals surface area contributed by atoms with Crippen LogP contribution in [0.1, 0.15) is 18.4 Å². The first-order valence-electron chi connectivity index (χ1n) is 6.49. The molecule has 0 atom stereocenters. The minimum atomic E-state index is -0.197. The Morgan fingerprint density at radius 1 is 1.37 bits per heavy atom. The number of likely N-dealkylation sites (tertiary alicyclic amines) is 1. The summed E-state index contributed by atoms with van der Waals surface area (Å²) in [6, 6.07) is 8.04. The molecule has 1 aromatic rings. The molecule has 0 saturated carbocycles. The van der Waals surface area contributed by atoms with Crippen molar-refractivity contribution in [2.75, 3.05) is 18.4 Å². The molecule has 19 heavy (non-hydrogen) atoms. The van der Waals surface area contributed by atoms with Crippen LogP contribution in [-0.4, -0.2) is 29.0 Å². The number of nitrogens with one attached hydrogen (secondary N) is 1. The molecule has 0 bridgehead atoms. The van der Waals surface area contributed by atoms with Crippen molar-refractivity contribution in [3.05, 3.63) is 29.8 Å². The number of rotatable bonds is 2. The third kappa shape index (κ3) is 3.44. The Bertz CT molecular complexity index is 481. The molecule has 0 unspecified atom stereocenters. The van der Waals surface area contributed by atoms with E-state index in [1.165, 1.54) is 0 Å². The summed E-state index contributed by atoms with van der Waals surface area (Å²) in [6.07, 6.45) is 1.57. The van der Waals surface area contributed by atoms with E-state index in [0.29, 0.717) is 0 Å². The number of primary amides is 1. The van der Waals surface area contributed by atoms with Crippen LogP contribution in [0.15, 0.2) is 24.3 Å². The van der Waals surface area contributed by atoms with Gasteiger partial charge in [0, 0.05) is 24.7 Å². The van der Waals surface area contributed by atoms with Crippen LogP contribution < -0.4 is 11.1 Å². The molecule has 1 aliphatic heterocycles. The molecule has 1 heterocycles. The average molecular weight is 277 g/mol. The Hall–Kier alpha value is -1.62. The lowest BCUT2D eigenvalue weighted by atomic mass is 9.97. The molecule has 0 aliphatic carbocycles. The lowest BCUT2D eigenvalue weighted by molar-refractivity contribution is -0.122. The third-order valence-corrected chi connectivity index (χ3v) is 3.93. The second-order valence-corrected chi connectivity index (χ2v) is 5.30. The Balaban J connectivity index is 1.92. The number of aryl methyl sites for hydroxylation is 1. The lowest BCUT2D eigenvalue weighted by Gasteiger charge is -2.32. The number of nitrogens with two attached hydrogens (primary N) is 1. The largest absolute Gasteiger partial charge is 0.369 e. The molecule has 102 valence electrons. The van der Waals surface area contributed by atoms with Crippen molar-refractivity contribution >= 4 is 28.9 Å². The van der Waals surface area contributed by atoms with E-state index in [2.05, 4.69) is 10.2 Å². The van der Waals surface area contributed by atoms with Gasteiger partial charge in [0.2, 0.25) is 5.91 Å². The van der Waals surface area contributed by atoms with E-state index in [4.69, 9.17) is 18.0 Å². The van der Waals surface area contributed by atoms with Gasteiger partial charge >= 0.3 is 0 Å². The zero-order chi connectivity index (χ0) is 13.8. The number of amides is 1. The monoisotopic (exact) mass is 277 g/mol. The second kappa shape index (κ2) is 6.02. The van der Waals surface area contributed by atoms with E-state index >= 15 is 0 Å². The topological polar surface area (TPSA) is 58.4 Å². The van der Waals surface area contributed by atoms with Gasteiger partial charge in [-0.1, -0.05) is 18.2 Å². The van der Waals surface area contributed by atoms with E-state index in [0.717, 1.165) is 42.3 Å². The van der Waals surface area contributed by atoms with Crippen LogP contribution in [0.3, 0.4) is 0 Å². The summed E-state index contributed by atoms with van der Waals surface area (Å²) in [6.45, 7) is 3.61. The third-order valence-electron chi connectivity index (χ3n) is 3.57. The molecule has 1 amide bonds. The fraction of sp³-hybridized carbons (Fsp3) is 0.429. The molecule has 1 aliphatic rings. The van der Waals surface area contributed by atoms with Gasteiger partial charge in [-0.05, 0) is 43.6 Å². The first-order valence-corrected chi connectivity index (χ1v) is 6.89. The Kier molecular flexibility index (Phi) is 4.37. The highest BCUT2D eigenvalue weighted by molar-refractivity contribution is 7.80. The molecular formula is C14H19N3OS. The number of benzene rings is 1. The van der Waals surface area contributed by atoms with Crippen LogP contribution in [0.5, 0.6) is 0 Å². The van der Waals surface area contributed by atoms with Gasteiger partial charge in [0.15, 0.2) is 5.11 Å². The molecular weight excluding hydrogens is 258 g/mol. The van der Waals surface area contributed by atoms with Crippen molar-refractivity contribution in [3.8, 4) is 0 Å². The molecule has 1 saturated heterocycles. The minimum absolute atomic E-state index is 0.00230. The molecule has 2 rings (SSSR count). The van der Waals surface area contributed by atoms with Gasteiger partial charge in [0.05, 0.1) is 0 Å². The van der Waals surface area contributed by atoms with Crippen molar-refractivity contribution in [2.45, 2.75) is 19.8 Å². The summed E-state index contributed by atoms with van der Waals surface area (Å²) in [5.74, 6) is -0.199. The van der Waals surface area contributed by atoms with Crippen LogP contribution in [0.4, 0.5) is 5.69 Å². The number of carbonyl (C=O) groups is 1. The first kappa shape index (κ1) is 13.8. The summed E-state index contributed by atoms with van der Waals surface area (Å²) < 4.78 is 0. The van der Waals surface area contributed by atoms with Crippen molar-refractivity contribution in [3.63, 3.8) is 0 Å². The van der Waals surface area contributed by atoms with Gasteiger partial charge in [-0.15, -0.1) is 0 Å². The van der Waals surface area contributed by atoms with Crippen LogP contribution in [-0.2, 0) is 4.79 Å². The number of anilines is 1. The Morgan fingerprint density at radius 2 is 2.00 bits per heavy atom. The maximum Gasteiger partial charge on any atom is 0.220 e. The second-order valence-electron chi connectivity index (χ2n) is 4.91. The Morgan fingerprint density at radius 3 is 2.58 bits per heavy atom. The number of carbonyl (C=O) groups excluding carboxylic acids is 1. The number of nitrogens with zero attached hydrogens (tertiary/aromatic N) is 1. The number of hydrogen-bond acceptors (Lipinski definition) is 2. The molecule has 0 aromatic heterocycles. The van der Waals surface area contributed by atoms with Gasteiger partial charge in [-0.3, -0.25) is 4.79 Å². The number of thiocarbonyl (C=S) groups is 1. The van der Waals surface area contributed by atoms with Crippen molar-refractivity contribution < 1.29 is 4.79 Å². The number of piperidine rings is 1.